The average molecular weight is 370 g/mol. The lowest BCUT2D eigenvalue weighted by molar-refractivity contribution is -0.137. The second kappa shape index (κ2) is 8.59. The lowest BCUT2D eigenvalue weighted by Gasteiger charge is -2.33. The molecular weight excluding hydrogens is 340 g/mol. The summed E-state index contributed by atoms with van der Waals surface area (Å²) < 4.78 is 5.23. The predicted octanol–water partition coefficient (Wildman–Crippen LogP) is 3.70. The molecule has 146 valence electrons. The van der Waals surface area contributed by atoms with Gasteiger partial charge in [-0.2, -0.15) is 0 Å². The molecule has 0 spiro atoms. The number of imide groups is 1. The zero-order valence-corrected chi connectivity index (χ0v) is 16.7. The Balaban J connectivity index is 1.97. The van der Waals surface area contributed by atoms with Gasteiger partial charge in [-0.3, -0.25) is 14.5 Å². The number of nitrogens with zero attached hydrogens (tertiary/aromatic N) is 2. The summed E-state index contributed by atoms with van der Waals surface area (Å²) in [7, 11) is 1.62. The summed E-state index contributed by atoms with van der Waals surface area (Å²) >= 11 is 0. The third kappa shape index (κ3) is 4.02. The fourth-order valence-corrected chi connectivity index (χ4v) is 3.99. The number of rotatable bonds is 7. The van der Waals surface area contributed by atoms with E-state index in [1.165, 1.54) is 11.3 Å². The lowest BCUT2D eigenvalue weighted by atomic mass is 9.98. The van der Waals surface area contributed by atoms with Gasteiger partial charge in [-0.1, -0.05) is 38.8 Å². The number of hydrogen-bond donors (Lipinski definition) is 0. The Labute approximate surface area is 162 Å². The Morgan fingerprint density at radius 1 is 1.11 bits per heavy atom. The zero-order chi connectivity index (χ0) is 19.4. The zero-order valence-electron chi connectivity index (χ0n) is 16.7. The molecule has 5 nitrogen and oxygen atoms in total. The molecular formula is C22H30N2O3. The van der Waals surface area contributed by atoms with Crippen molar-refractivity contribution in [2.45, 2.75) is 46.0 Å². The van der Waals surface area contributed by atoms with Crippen LogP contribution in [-0.2, 0) is 9.59 Å². The van der Waals surface area contributed by atoms with E-state index < -0.39 is 0 Å². The number of methoxy groups -OCH3 is 1. The van der Waals surface area contributed by atoms with Crippen molar-refractivity contribution >= 4 is 17.4 Å². The lowest BCUT2D eigenvalue weighted by Crippen LogP contribution is -2.39. The van der Waals surface area contributed by atoms with Crippen LogP contribution in [-0.4, -0.2) is 48.4 Å². The molecule has 2 amide bonds. The van der Waals surface area contributed by atoms with Crippen LogP contribution in [0.4, 0.5) is 0 Å². The normalized spacial score (nSPS) is 20.6. The number of carbonyl (C=O) groups is 2. The first-order chi connectivity index (χ1) is 13.1. The van der Waals surface area contributed by atoms with E-state index in [1.54, 1.807) is 7.11 Å². The topological polar surface area (TPSA) is 49.9 Å². The van der Waals surface area contributed by atoms with Crippen LogP contribution < -0.4 is 4.74 Å². The standard InChI is InChI=1S/C22H30N2O3/c1-4-5-6-14-24-21(25)19(17-9-11-18(27-3)12-10-17)20(22(24)26)23-13-7-8-16(2)15-23/h9-12,16H,4-8,13-15H2,1-3H3. The number of likely N-dealkylation sites (tertiary alicyclic amines) is 1. The van der Waals surface area contributed by atoms with E-state index in [1.807, 2.05) is 24.3 Å². The van der Waals surface area contributed by atoms with Crippen molar-refractivity contribution in [1.29, 1.82) is 0 Å². The van der Waals surface area contributed by atoms with Gasteiger partial charge in [0, 0.05) is 19.6 Å². The molecule has 1 aromatic carbocycles. The minimum atomic E-state index is -0.158. The fourth-order valence-electron chi connectivity index (χ4n) is 3.99. The summed E-state index contributed by atoms with van der Waals surface area (Å²) in [5, 5.41) is 0. The summed E-state index contributed by atoms with van der Waals surface area (Å²) in [4.78, 5) is 30.0. The highest BCUT2D eigenvalue weighted by Crippen LogP contribution is 2.34. The monoisotopic (exact) mass is 370 g/mol. The minimum absolute atomic E-state index is 0.129. The van der Waals surface area contributed by atoms with Crippen LogP contribution in [0.3, 0.4) is 0 Å². The number of carbonyl (C=O) groups excluding carboxylic acids is 2. The second-order valence-corrected chi connectivity index (χ2v) is 7.61. The summed E-state index contributed by atoms with van der Waals surface area (Å²) in [6, 6.07) is 7.44. The van der Waals surface area contributed by atoms with Crippen LogP contribution in [0, 0.1) is 5.92 Å². The quantitative estimate of drug-likeness (QED) is 0.542. The molecule has 1 aromatic rings. The molecule has 2 heterocycles. The first-order valence-corrected chi connectivity index (χ1v) is 10.1. The van der Waals surface area contributed by atoms with E-state index in [4.69, 9.17) is 4.74 Å². The number of benzene rings is 1. The maximum Gasteiger partial charge on any atom is 0.277 e. The molecule has 2 aliphatic heterocycles. The molecule has 1 fully saturated rings. The summed E-state index contributed by atoms with van der Waals surface area (Å²) in [6.07, 6.45) is 5.16. The van der Waals surface area contributed by atoms with Crippen molar-refractivity contribution in [3.05, 3.63) is 35.5 Å². The van der Waals surface area contributed by atoms with Crippen molar-refractivity contribution in [3.8, 4) is 5.75 Å². The van der Waals surface area contributed by atoms with Gasteiger partial charge in [0.15, 0.2) is 0 Å². The summed E-state index contributed by atoms with van der Waals surface area (Å²) in [5.74, 6) is 0.981. The van der Waals surface area contributed by atoms with Crippen molar-refractivity contribution < 1.29 is 14.3 Å². The van der Waals surface area contributed by atoms with Crippen LogP contribution in [0.5, 0.6) is 5.75 Å². The smallest absolute Gasteiger partial charge is 0.277 e. The highest BCUT2D eigenvalue weighted by atomic mass is 16.5. The molecule has 27 heavy (non-hydrogen) atoms. The highest BCUT2D eigenvalue weighted by Gasteiger charge is 2.41. The van der Waals surface area contributed by atoms with Crippen LogP contribution >= 0.6 is 0 Å². The third-order valence-corrected chi connectivity index (χ3v) is 5.48. The Kier molecular flexibility index (Phi) is 6.19. The Morgan fingerprint density at radius 2 is 1.85 bits per heavy atom. The van der Waals surface area contributed by atoms with E-state index in [9.17, 15) is 9.59 Å². The molecule has 1 atom stereocenters. The van der Waals surface area contributed by atoms with Crippen LogP contribution in [0.15, 0.2) is 30.0 Å². The van der Waals surface area contributed by atoms with Crippen molar-refractivity contribution in [1.82, 2.24) is 9.80 Å². The number of unbranched alkanes of at least 4 members (excludes halogenated alkanes) is 2. The molecule has 5 heteroatoms. The van der Waals surface area contributed by atoms with E-state index >= 15 is 0 Å². The summed E-state index contributed by atoms with van der Waals surface area (Å²) in [5.41, 5.74) is 1.93. The maximum absolute atomic E-state index is 13.2. The first-order valence-electron chi connectivity index (χ1n) is 10.1. The van der Waals surface area contributed by atoms with Crippen LogP contribution in [0.1, 0.15) is 51.5 Å². The molecule has 0 bridgehead atoms. The van der Waals surface area contributed by atoms with Gasteiger partial charge >= 0.3 is 0 Å². The first kappa shape index (κ1) is 19.5. The number of ether oxygens (including phenoxy) is 1. The number of piperidine rings is 1. The molecule has 0 aromatic heterocycles. The number of amides is 2. The Bertz CT molecular complexity index is 724. The fraction of sp³-hybridized carbons (Fsp3) is 0.545. The van der Waals surface area contributed by atoms with E-state index in [0.29, 0.717) is 23.7 Å². The predicted molar refractivity (Wildman–Crippen MR) is 106 cm³/mol. The van der Waals surface area contributed by atoms with Gasteiger partial charge in [0.2, 0.25) is 0 Å². The molecule has 0 aliphatic carbocycles. The minimum Gasteiger partial charge on any atom is -0.497 e. The van der Waals surface area contributed by atoms with Crippen molar-refractivity contribution in [3.63, 3.8) is 0 Å². The molecule has 0 saturated carbocycles. The second-order valence-electron chi connectivity index (χ2n) is 7.61. The van der Waals surface area contributed by atoms with Crippen molar-refractivity contribution in [2.75, 3.05) is 26.7 Å². The molecule has 1 saturated heterocycles. The van der Waals surface area contributed by atoms with Crippen LogP contribution in [0.2, 0.25) is 0 Å². The van der Waals surface area contributed by atoms with Gasteiger partial charge in [0.1, 0.15) is 11.4 Å². The molecule has 3 rings (SSSR count). The van der Waals surface area contributed by atoms with Crippen LogP contribution in [0.25, 0.3) is 5.57 Å². The van der Waals surface area contributed by atoms with E-state index in [0.717, 1.165) is 50.1 Å². The maximum atomic E-state index is 13.2. The van der Waals surface area contributed by atoms with Gasteiger partial charge in [-0.15, -0.1) is 0 Å². The number of hydrogen-bond acceptors (Lipinski definition) is 4. The molecule has 1 unspecified atom stereocenters. The van der Waals surface area contributed by atoms with E-state index in [2.05, 4.69) is 18.7 Å². The molecule has 2 aliphatic rings. The molecule has 0 N–H and O–H groups in total. The largest absolute Gasteiger partial charge is 0.497 e. The Hall–Kier alpha value is -2.30. The SMILES string of the molecule is CCCCCN1C(=O)C(c2ccc(OC)cc2)=C(N2CCCC(C)C2)C1=O. The Morgan fingerprint density at radius 3 is 2.48 bits per heavy atom. The van der Waals surface area contributed by atoms with Gasteiger partial charge in [0.05, 0.1) is 12.7 Å². The van der Waals surface area contributed by atoms with E-state index in [-0.39, 0.29) is 11.8 Å². The summed E-state index contributed by atoms with van der Waals surface area (Å²) in [6.45, 7) is 6.49. The third-order valence-electron chi connectivity index (χ3n) is 5.48. The van der Waals surface area contributed by atoms with Gasteiger partial charge in [-0.05, 0) is 42.9 Å². The molecule has 0 radical (unpaired) electrons. The highest BCUT2D eigenvalue weighted by molar-refractivity contribution is 6.35. The van der Waals surface area contributed by atoms with Gasteiger partial charge < -0.3 is 9.64 Å². The van der Waals surface area contributed by atoms with Gasteiger partial charge in [-0.25, -0.2) is 0 Å². The average Bonchev–Trinajstić information content (AvgIpc) is 2.93. The van der Waals surface area contributed by atoms with Gasteiger partial charge in [0.25, 0.3) is 11.8 Å². The van der Waals surface area contributed by atoms with Crippen molar-refractivity contribution in [2.24, 2.45) is 5.92 Å².